The maximum Gasteiger partial charge on any atom is 0.0127 e. The lowest BCUT2D eigenvalue weighted by Gasteiger charge is -2.11. The predicted molar refractivity (Wildman–Crippen MR) is 79.1 cm³/mol. The van der Waals surface area contributed by atoms with Gasteiger partial charge in [0.2, 0.25) is 0 Å². The van der Waals surface area contributed by atoms with Gasteiger partial charge in [-0.25, -0.2) is 0 Å². The molecule has 1 unspecified atom stereocenters. The number of hydrogen-bond donors (Lipinski definition) is 1. The van der Waals surface area contributed by atoms with Crippen LogP contribution in [0.2, 0.25) is 0 Å². The Morgan fingerprint density at radius 1 is 1.17 bits per heavy atom. The van der Waals surface area contributed by atoms with E-state index in [-0.39, 0.29) is 0 Å². The molecule has 1 aliphatic carbocycles. The second-order valence-electron chi connectivity index (χ2n) is 5.04. The van der Waals surface area contributed by atoms with Crippen molar-refractivity contribution < 1.29 is 0 Å². The molecule has 2 aromatic rings. The van der Waals surface area contributed by atoms with E-state index in [1.54, 1.807) is 10.4 Å². The molecule has 0 fully saturated rings. The molecule has 0 spiro atoms. The summed E-state index contributed by atoms with van der Waals surface area (Å²) in [5.74, 6) is 0.588. The molecular weight excluding hydrogens is 238 g/mol. The van der Waals surface area contributed by atoms with Crippen LogP contribution in [0.25, 0.3) is 11.1 Å². The molecule has 0 bridgehead atoms. The van der Waals surface area contributed by atoms with Gasteiger partial charge in [0, 0.05) is 10.8 Å². The highest BCUT2D eigenvalue weighted by molar-refractivity contribution is 7.10. The summed E-state index contributed by atoms with van der Waals surface area (Å²) in [6, 6.07) is 10.7. The molecule has 94 valence electrons. The quantitative estimate of drug-likeness (QED) is 0.802. The number of hydrogen-bond acceptors (Lipinski definition) is 2. The monoisotopic (exact) mass is 257 g/mol. The molecule has 0 radical (unpaired) electrons. The minimum atomic E-state index is 0.588. The van der Waals surface area contributed by atoms with Gasteiger partial charge in [0.05, 0.1) is 0 Å². The van der Waals surface area contributed by atoms with E-state index >= 15 is 0 Å². The Labute approximate surface area is 113 Å². The summed E-state index contributed by atoms with van der Waals surface area (Å²) in [6.45, 7) is 0.793. The molecule has 0 amide bonds. The molecule has 0 saturated heterocycles. The van der Waals surface area contributed by atoms with Gasteiger partial charge < -0.3 is 5.73 Å². The average molecular weight is 257 g/mol. The van der Waals surface area contributed by atoms with Crippen molar-refractivity contribution in [2.45, 2.75) is 31.6 Å². The first-order chi connectivity index (χ1) is 8.90. The van der Waals surface area contributed by atoms with Crippen molar-refractivity contribution in [3.05, 3.63) is 46.2 Å². The third-order valence-electron chi connectivity index (χ3n) is 3.90. The number of nitrogens with two attached hydrogens (primary N) is 1. The van der Waals surface area contributed by atoms with Gasteiger partial charge in [-0.05, 0) is 47.9 Å². The van der Waals surface area contributed by atoms with Gasteiger partial charge in [-0.3, -0.25) is 0 Å². The van der Waals surface area contributed by atoms with E-state index < -0.39 is 0 Å². The van der Waals surface area contributed by atoms with Crippen molar-refractivity contribution in [1.29, 1.82) is 0 Å². The van der Waals surface area contributed by atoms with E-state index in [0.29, 0.717) is 5.92 Å². The summed E-state index contributed by atoms with van der Waals surface area (Å²) < 4.78 is 0. The molecule has 3 rings (SSSR count). The van der Waals surface area contributed by atoms with Crippen LogP contribution >= 0.6 is 11.3 Å². The summed E-state index contributed by atoms with van der Waals surface area (Å²) >= 11 is 1.91. The third kappa shape index (κ3) is 2.11. The average Bonchev–Trinajstić information content (AvgIpc) is 2.73. The van der Waals surface area contributed by atoms with Crippen LogP contribution in [0.3, 0.4) is 0 Å². The minimum absolute atomic E-state index is 0.588. The zero-order chi connectivity index (χ0) is 12.4. The van der Waals surface area contributed by atoms with E-state index in [9.17, 15) is 0 Å². The van der Waals surface area contributed by atoms with E-state index in [1.807, 2.05) is 11.3 Å². The molecule has 2 N–H and O–H groups in total. The molecule has 1 aliphatic rings. The summed E-state index contributed by atoms with van der Waals surface area (Å²) in [5.41, 5.74) is 10.3. The van der Waals surface area contributed by atoms with Crippen LogP contribution in [-0.2, 0) is 6.42 Å². The topological polar surface area (TPSA) is 26.0 Å². The van der Waals surface area contributed by atoms with Crippen molar-refractivity contribution in [1.82, 2.24) is 0 Å². The summed E-state index contributed by atoms with van der Waals surface area (Å²) in [5, 5.41) is 2.33. The molecule has 1 nitrogen and oxygen atoms in total. The molecule has 2 heteroatoms. The van der Waals surface area contributed by atoms with Gasteiger partial charge in [0.1, 0.15) is 0 Å². The standard InChI is InChI=1S/C16H19NS/c17-10-13-8-4-5-9-14-15(11-18-16(13)14)12-6-2-1-3-7-12/h1-3,6-7,11,13H,4-5,8-10,17H2. The molecule has 0 saturated carbocycles. The number of rotatable bonds is 2. The van der Waals surface area contributed by atoms with Crippen LogP contribution in [-0.4, -0.2) is 6.54 Å². The van der Waals surface area contributed by atoms with Gasteiger partial charge in [-0.1, -0.05) is 36.8 Å². The molecule has 18 heavy (non-hydrogen) atoms. The first-order valence-corrected chi connectivity index (χ1v) is 7.64. The Balaban J connectivity index is 2.06. The minimum Gasteiger partial charge on any atom is -0.330 e. The van der Waals surface area contributed by atoms with Crippen LogP contribution in [0.4, 0.5) is 0 Å². The molecule has 1 aromatic carbocycles. The Morgan fingerprint density at radius 3 is 2.78 bits per heavy atom. The predicted octanol–water partition coefficient (Wildman–Crippen LogP) is 4.18. The van der Waals surface area contributed by atoms with Crippen molar-refractivity contribution in [3.8, 4) is 11.1 Å². The third-order valence-corrected chi connectivity index (χ3v) is 5.08. The summed E-state index contributed by atoms with van der Waals surface area (Å²) in [7, 11) is 0. The Kier molecular flexibility index (Phi) is 3.48. The highest BCUT2D eigenvalue weighted by Gasteiger charge is 2.22. The van der Waals surface area contributed by atoms with Gasteiger partial charge in [-0.15, -0.1) is 11.3 Å². The van der Waals surface area contributed by atoms with Crippen LogP contribution in [0.15, 0.2) is 35.7 Å². The highest BCUT2D eigenvalue weighted by atomic mass is 32.1. The summed E-state index contributed by atoms with van der Waals surface area (Å²) in [6.07, 6.45) is 5.11. The van der Waals surface area contributed by atoms with E-state index in [1.165, 1.54) is 36.8 Å². The fourth-order valence-corrected chi connectivity index (χ4v) is 4.19. The van der Waals surface area contributed by atoms with Crippen LogP contribution in [0.1, 0.15) is 35.6 Å². The Hall–Kier alpha value is -1.12. The normalized spacial score (nSPS) is 19.3. The first-order valence-electron chi connectivity index (χ1n) is 6.76. The van der Waals surface area contributed by atoms with Gasteiger partial charge >= 0.3 is 0 Å². The first kappa shape index (κ1) is 11.9. The van der Waals surface area contributed by atoms with Crippen LogP contribution in [0.5, 0.6) is 0 Å². The van der Waals surface area contributed by atoms with E-state index in [2.05, 4.69) is 35.7 Å². The van der Waals surface area contributed by atoms with Crippen molar-refractivity contribution in [2.24, 2.45) is 5.73 Å². The zero-order valence-corrected chi connectivity index (χ0v) is 11.4. The van der Waals surface area contributed by atoms with Gasteiger partial charge in [0.25, 0.3) is 0 Å². The van der Waals surface area contributed by atoms with Crippen molar-refractivity contribution in [3.63, 3.8) is 0 Å². The zero-order valence-electron chi connectivity index (χ0n) is 10.6. The SMILES string of the molecule is NCC1CCCCc2c(-c3ccccc3)csc21. The number of benzene rings is 1. The van der Waals surface area contributed by atoms with Crippen molar-refractivity contribution in [2.75, 3.05) is 6.54 Å². The van der Waals surface area contributed by atoms with Gasteiger partial charge in [0.15, 0.2) is 0 Å². The number of fused-ring (bicyclic) bond motifs is 1. The van der Waals surface area contributed by atoms with E-state index in [4.69, 9.17) is 5.73 Å². The van der Waals surface area contributed by atoms with Gasteiger partial charge in [-0.2, -0.15) is 0 Å². The van der Waals surface area contributed by atoms with Crippen LogP contribution < -0.4 is 5.73 Å². The smallest absolute Gasteiger partial charge is 0.0127 e. The highest BCUT2D eigenvalue weighted by Crippen LogP contribution is 2.40. The lowest BCUT2D eigenvalue weighted by molar-refractivity contribution is 0.608. The summed E-state index contributed by atoms with van der Waals surface area (Å²) in [4.78, 5) is 1.55. The Bertz CT molecular complexity index is 515. The van der Waals surface area contributed by atoms with Crippen molar-refractivity contribution >= 4 is 11.3 Å². The fraction of sp³-hybridized carbons (Fsp3) is 0.375. The fourth-order valence-electron chi connectivity index (χ4n) is 2.91. The maximum atomic E-state index is 5.94. The lowest BCUT2D eigenvalue weighted by atomic mass is 9.97. The largest absolute Gasteiger partial charge is 0.330 e. The molecule has 0 aliphatic heterocycles. The Morgan fingerprint density at radius 2 is 2.00 bits per heavy atom. The molecule has 1 aromatic heterocycles. The second-order valence-corrected chi connectivity index (χ2v) is 5.95. The van der Waals surface area contributed by atoms with E-state index in [0.717, 1.165) is 6.54 Å². The maximum absolute atomic E-state index is 5.94. The number of thiophene rings is 1. The molecule has 1 atom stereocenters. The van der Waals surface area contributed by atoms with Crippen LogP contribution in [0, 0.1) is 0 Å². The molecular formula is C16H19NS. The lowest BCUT2D eigenvalue weighted by Crippen LogP contribution is -2.11. The molecule has 1 heterocycles. The second kappa shape index (κ2) is 5.25.